The molecule has 10 heteroatoms. The van der Waals surface area contributed by atoms with Gasteiger partial charge in [0.2, 0.25) is 11.9 Å². The molecule has 0 fully saturated rings. The van der Waals surface area contributed by atoms with Crippen LogP contribution in [0.2, 0.25) is 0 Å². The molecule has 0 atom stereocenters. The molecule has 0 aliphatic heterocycles. The summed E-state index contributed by atoms with van der Waals surface area (Å²) in [4.78, 5) is 20.3. The number of nitrogens with two attached hydrogens (primary N) is 1. The third-order valence-electron chi connectivity index (χ3n) is 4.10. The summed E-state index contributed by atoms with van der Waals surface area (Å²) in [5.74, 6) is 1.77. The van der Waals surface area contributed by atoms with Gasteiger partial charge in [-0.25, -0.2) is 9.37 Å². The molecular weight excluding hydrogens is 405 g/mol. The number of ether oxygens (including phenoxy) is 1. The van der Waals surface area contributed by atoms with Crippen LogP contribution in [-0.2, 0) is 5.75 Å². The highest BCUT2D eigenvalue weighted by molar-refractivity contribution is 7.98. The number of rotatable bonds is 7. The number of aromatic amines is 1. The lowest BCUT2D eigenvalue weighted by Gasteiger charge is -2.10. The SMILES string of the molecule is COc1ccccc1Nc1nc(N)nc(CSc2ncc(-c3ccc(F)cc3)[nH]2)n1. The minimum atomic E-state index is -0.280. The summed E-state index contributed by atoms with van der Waals surface area (Å²) in [6, 6.07) is 13.6. The minimum Gasteiger partial charge on any atom is -0.495 e. The summed E-state index contributed by atoms with van der Waals surface area (Å²) in [5, 5.41) is 3.79. The number of nitrogen functional groups attached to an aromatic ring is 1. The van der Waals surface area contributed by atoms with E-state index in [0.717, 1.165) is 16.9 Å². The van der Waals surface area contributed by atoms with E-state index in [9.17, 15) is 4.39 Å². The van der Waals surface area contributed by atoms with Crippen LogP contribution in [0.5, 0.6) is 5.75 Å². The molecule has 4 aromatic rings. The number of hydrogen-bond acceptors (Lipinski definition) is 8. The van der Waals surface area contributed by atoms with Crippen molar-refractivity contribution in [3.63, 3.8) is 0 Å². The number of nitrogens with one attached hydrogen (secondary N) is 2. The average molecular weight is 423 g/mol. The van der Waals surface area contributed by atoms with E-state index in [1.54, 1.807) is 25.4 Å². The molecule has 0 spiro atoms. The number of methoxy groups -OCH3 is 1. The minimum absolute atomic E-state index is 0.115. The van der Waals surface area contributed by atoms with E-state index in [2.05, 4.69) is 30.2 Å². The van der Waals surface area contributed by atoms with Gasteiger partial charge in [-0.15, -0.1) is 0 Å². The molecule has 2 heterocycles. The molecule has 0 bridgehead atoms. The van der Waals surface area contributed by atoms with Crippen LogP contribution >= 0.6 is 11.8 Å². The van der Waals surface area contributed by atoms with Crippen molar-refractivity contribution in [2.45, 2.75) is 10.9 Å². The van der Waals surface area contributed by atoms with Crippen LogP contribution in [0.25, 0.3) is 11.3 Å². The van der Waals surface area contributed by atoms with E-state index >= 15 is 0 Å². The van der Waals surface area contributed by atoms with Crippen LogP contribution in [0.4, 0.5) is 22.0 Å². The van der Waals surface area contributed by atoms with Crippen molar-refractivity contribution in [1.82, 2.24) is 24.9 Å². The van der Waals surface area contributed by atoms with E-state index in [1.807, 2.05) is 24.3 Å². The van der Waals surface area contributed by atoms with E-state index in [1.165, 1.54) is 23.9 Å². The quantitative estimate of drug-likeness (QED) is 0.382. The highest BCUT2D eigenvalue weighted by atomic mass is 32.2. The predicted molar refractivity (Wildman–Crippen MR) is 114 cm³/mol. The van der Waals surface area contributed by atoms with Gasteiger partial charge in [-0.3, -0.25) is 0 Å². The van der Waals surface area contributed by atoms with Gasteiger partial charge in [0.1, 0.15) is 17.4 Å². The molecule has 2 aromatic heterocycles. The Morgan fingerprint density at radius 1 is 1.10 bits per heavy atom. The number of anilines is 3. The van der Waals surface area contributed by atoms with Gasteiger partial charge in [0.05, 0.1) is 30.4 Å². The Balaban J connectivity index is 1.46. The normalized spacial score (nSPS) is 10.7. The van der Waals surface area contributed by atoms with Gasteiger partial charge in [-0.2, -0.15) is 15.0 Å². The lowest BCUT2D eigenvalue weighted by atomic mass is 10.2. The monoisotopic (exact) mass is 423 g/mol. The number of imidazole rings is 1. The van der Waals surface area contributed by atoms with E-state index in [4.69, 9.17) is 10.5 Å². The molecule has 8 nitrogen and oxygen atoms in total. The second-order valence-corrected chi connectivity index (χ2v) is 7.12. The van der Waals surface area contributed by atoms with Crippen LogP contribution in [-0.4, -0.2) is 32.0 Å². The summed E-state index contributed by atoms with van der Waals surface area (Å²) >= 11 is 1.42. The molecule has 2 aromatic carbocycles. The zero-order valence-electron chi connectivity index (χ0n) is 16.0. The number of benzene rings is 2. The Morgan fingerprint density at radius 3 is 2.70 bits per heavy atom. The van der Waals surface area contributed by atoms with Crippen LogP contribution in [0, 0.1) is 5.82 Å². The van der Waals surface area contributed by atoms with Gasteiger partial charge in [0.25, 0.3) is 0 Å². The molecule has 0 saturated carbocycles. The Bertz CT molecular complexity index is 1150. The topological polar surface area (TPSA) is 115 Å². The van der Waals surface area contributed by atoms with E-state index < -0.39 is 0 Å². The standard InChI is InChI=1S/C20H18FN7OS/c1-29-16-5-3-2-4-14(16)24-19-27-17(26-18(22)28-19)11-30-20-23-10-15(25-20)12-6-8-13(21)9-7-12/h2-10H,11H2,1H3,(H,23,25)(H3,22,24,26,27,28). The van der Waals surface area contributed by atoms with Crippen LogP contribution in [0.1, 0.15) is 5.82 Å². The van der Waals surface area contributed by atoms with Crippen molar-refractivity contribution in [1.29, 1.82) is 0 Å². The van der Waals surface area contributed by atoms with Gasteiger partial charge < -0.3 is 20.8 Å². The molecule has 0 aliphatic rings. The van der Waals surface area contributed by atoms with Crippen molar-refractivity contribution in [3.05, 3.63) is 66.4 Å². The Labute approximate surface area is 176 Å². The molecule has 152 valence electrons. The number of H-pyrrole nitrogens is 1. The first-order chi connectivity index (χ1) is 14.6. The number of para-hydroxylation sites is 2. The molecule has 0 amide bonds. The second kappa shape index (κ2) is 8.78. The molecule has 0 saturated heterocycles. The molecule has 0 radical (unpaired) electrons. The number of aromatic nitrogens is 5. The summed E-state index contributed by atoms with van der Waals surface area (Å²) in [6.07, 6.45) is 1.70. The van der Waals surface area contributed by atoms with Crippen molar-refractivity contribution in [2.75, 3.05) is 18.2 Å². The smallest absolute Gasteiger partial charge is 0.232 e. The van der Waals surface area contributed by atoms with E-state index in [-0.39, 0.29) is 11.8 Å². The average Bonchev–Trinajstić information content (AvgIpc) is 3.22. The fourth-order valence-corrected chi connectivity index (χ4v) is 3.42. The molecule has 4 rings (SSSR count). The zero-order chi connectivity index (χ0) is 20.9. The van der Waals surface area contributed by atoms with Crippen LogP contribution < -0.4 is 15.8 Å². The van der Waals surface area contributed by atoms with Crippen LogP contribution in [0.15, 0.2) is 59.9 Å². The van der Waals surface area contributed by atoms with Crippen molar-refractivity contribution in [3.8, 4) is 17.0 Å². The fraction of sp³-hybridized carbons (Fsp3) is 0.100. The van der Waals surface area contributed by atoms with Gasteiger partial charge in [-0.1, -0.05) is 23.9 Å². The third-order valence-corrected chi connectivity index (χ3v) is 4.98. The summed E-state index contributed by atoms with van der Waals surface area (Å²) in [6.45, 7) is 0. The lowest BCUT2D eigenvalue weighted by Crippen LogP contribution is -2.07. The maximum absolute atomic E-state index is 13.1. The van der Waals surface area contributed by atoms with Crippen LogP contribution in [0.3, 0.4) is 0 Å². The first-order valence-electron chi connectivity index (χ1n) is 8.95. The largest absolute Gasteiger partial charge is 0.495 e. The number of hydrogen-bond donors (Lipinski definition) is 3. The van der Waals surface area contributed by atoms with Gasteiger partial charge in [-0.05, 0) is 42.0 Å². The number of thioether (sulfide) groups is 1. The zero-order valence-corrected chi connectivity index (χ0v) is 16.8. The maximum atomic E-state index is 13.1. The maximum Gasteiger partial charge on any atom is 0.232 e. The molecule has 0 aliphatic carbocycles. The molecule has 4 N–H and O–H groups in total. The first kappa shape index (κ1) is 19.6. The fourth-order valence-electron chi connectivity index (χ4n) is 2.71. The van der Waals surface area contributed by atoms with E-state index in [0.29, 0.717) is 28.4 Å². The molecule has 0 unspecified atom stereocenters. The predicted octanol–water partition coefficient (Wildman–Crippen LogP) is 4.03. The highest BCUT2D eigenvalue weighted by Gasteiger charge is 2.10. The molecule has 30 heavy (non-hydrogen) atoms. The van der Waals surface area contributed by atoms with Crippen molar-refractivity contribution >= 4 is 29.3 Å². The van der Waals surface area contributed by atoms with Crippen molar-refractivity contribution in [2.24, 2.45) is 0 Å². The Kier molecular flexibility index (Phi) is 5.75. The van der Waals surface area contributed by atoms with Gasteiger partial charge in [0, 0.05) is 0 Å². The summed E-state index contributed by atoms with van der Waals surface area (Å²) in [5.41, 5.74) is 8.22. The summed E-state index contributed by atoms with van der Waals surface area (Å²) in [7, 11) is 1.59. The lowest BCUT2D eigenvalue weighted by molar-refractivity contribution is 0.417. The first-order valence-corrected chi connectivity index (χ1v) is 9.93. The Morgan fingerprint density at radius 2 is 1.90 bits per heavy atom. The molecular formula is C20H18FN7OS. The number of nitrogens with zero attached hydrogens (tertiary/aromatic N) is 4. The number of halogens is 1. The third kappa shape index (κ3) is 4.66. The van der Waals surface area contributed by atoms with Gasteiger partial charge in [0.15, 0.2) is 5.16 Å². The summed E-state index contributed by atoms with van der Waals surface area (Å²) < 4.78 is 18.4. The second-order valence-electron chi connectivity index (χ2n) is 6.16. The highest BCUT2D eigenvalue weighted by Crippen LogP contribution is 2.27. The Hall–Kier alpha value is -3.66. The van der Waals surface area contributed by atoms with Crippen molar-refractivity contribution < 1.29 is 9.13 Å². The van der Waals surface area contributed by atoms with Gasteiger partial charge >= 0.3 is 0 Å².